The standard InChI is InChI=1S/C16H24O/c1-12(2)11-16(3,17)15-9-5-8-14(10-15)13-6-4-7-13/h5,8-10,12-13,17H,4,6-7,11H2,1-3H3. The van der Waals surface area contributed by atoms with Crippen LogP contribution in [0.25, 0.3) is 0 Å². The molecule has 1 N–H and O–H groups in total. The fraction of sp³-hybridized carbons (Fsp3) is 0.625. The molecule has 94 valence electrons. The van der Waals surface area contributed by atoms with Crippen molar-refractivity contribution < 1.29 is 5.11 Å². The molecule has 1 aliphatic rings. The summed E-state index contributed by atoms with van der Waals surface area (Å²) in [6, 6.07) is 8.58. The highest BCUT2D eigenvalue weighted by Gasteiger charge is 2.26. The van der Waals surface area contributed by atoms with Gasteiger partial charge >= 0.3 is 0 Å². The molecule has 2 rings (SSSR count). The maximum Gasteiger partial charge on any atom is 0.0871 e. The predicted octanol–water partition coefficient (Wildman–Crippen LogP) is 4.21. The monoisotopic (exact) mass is 232 g/mol. The smallest absolute Gasteiger partial charge is 0.0871 e. The van der Waals surface area contributed by atoms with E-state index in [2.05, 4.69) is 38.1 Å². The Morgan fingerprint density at radius 2 is 2.06 bits per heavy atom. The van der Waals surface area contributed by atoms with Gasteiger partial charge in [0.25, 0.3) is 0 Å². The molecule has 17 heavy (non-hydrogen) atoms. The van der Waals surface area contributed by atoms with Crippen LogP contribution in [0.5, 0.6) is 0 Å². The van der Waals surface area contributed by atoms with Crippen molar-refractivity contribution in [1.29, 1.82) is 0 Å². The molecule has 0 bridgehead atoms. The van der Waals surface area contributed by atoms with Gasteiger partial charge in [0.05, 0.1) is 5.60 Å². The Morgan fingerprint density at radius 3 is 2.59 bits per heavy atom. The van der Waals surface area contributed by atoms with Crippen molar-refractivity contribution >= 4 is 0 Å². The van der Waals surface area contributed by atoms with Gasteiger partial charge in [0.2, 0.25) is 0 Å². The maximum atomic E-state index is 10.6. The zero-order valence-electron chi connectivity index (χ0n) is 11.2. The van der Waals surface area contributed by atoms with Gasteiger partial charge in [-0.15, -0.1) is 0 Å². The first-order valence-corrected chi connectivity index (χ1v) is 6.82. The van der Waals surface area contributed by atoms with Gasteiger partial charge in [-0.1, -0.05) is 44.5 Å². The van der Waals surface area contributed by atoms with E-state index in [-0.39, 0.29) is 0 Å². The van der Waals surface area contributed by atoms with Crippen molar-refractivity contribution in [2.75, 3.05) is 0 Å². The Kier molecular flexibility index (Phi) is 3.58. The molecule has 0 amide bonds. The van der Waals surface area contributed by atoms with Gasteiger partial charge in [-0.05, 0) is 49.1 Å². The highest BCUT2D eigenvalue weighted by Crippen LogP contribution is 2.38. The lowest BCUT2D eigenvalue weighted by atomic mass is 9.78. The van der Waals surface area contributed by atoms with Crippen LogP contribution in [0.2, 0.25) is 0 Å². The number of benzene rings is 1. The van der Waals surface area contributed by atoms with E-state index in [1.165, 1.54) is 24.8 Å². The third kappa shape index (κ3) is 2.90. The second-order valence-corrected chi connectivity index (χ2v) is 6.13. The van der Waals surface area contributed by atoms with Gasteiger partial charge in [0, 0.05) is 0 Å². The Hall–Kier alpha value is -0.820. The third-order valence-corrected chi connectivity index (χ3v) is 3.89. The summed E-state index contributed by atoms with van der Waals surface area (Å²) in [5.41, 5.74) is 1.81. The molecule has 0 heterocycles. The molecule has 0 radical (unpaired) electrons. The minimum Gasteiger partial charge on any atom is -0.385 e. The minimum atomic E-state index is -0.687. The van der Waals surface area contributed by atoms with Crippen LogP contribution in [0.4, 0.5) is 0 Å². The first kappa shape index (κ1) is 12.6. The van der Waals surface area contributed by atoms with Crippen molar-refractivity contribution in [3.8, 4) is 0 Å². The van der Waals surface area contributed by atoms with Gasteiger partial charge in [-0.3, -0.25) is 0 Å². The van der Waals surface area contributed by atoms with E-state index < -0.39 is 5.60 Å². The van der Waals surface area contributed by atoms with E-state index in [0.29, 0.717) is 5.92 Å². The van der Waals surface area contributed by atoms with Gasteiger partial charge in [0.15, 0.2) is 0 Å². The summed E-state index contributed by atoms with van der Waals surface area (Å²) in [6.45, 7) is 6.25. The van der Waals surface area contributed by atoms with Crippen LogP contribution < -0.4 is 0 Å². The van der Waals surface area contributed by atoms with Crippen LogP contribution in [-0.4, -0.2) is 5.11 Å². The van der Waals surface area contributed by atoms with Crippen LogP contribution >= 0.6 is 0 Å². The molecular weight excluding hydrogens is 208 g/mol. The van der Waals surface area contributed by atoms with Crippen molar-refractivity contribution in [2.24, 2.45) is 5.92 Å². The van der Waals surface area contributed by atoms with Crippen molar-refractivity contribution in [2.45, 2.75) is 58.0 Å². The average molecular weight is 232 g/mol. The largest absolute Gasteiger partial charge is 0.385 e. The normalized spacial score (nSPS) is 20.1. The Balaban J connectivity index is 2.19. The summed E-state index contributed by atoms with van der Waals surface area (Å²) >= 11 is 0. The fourth-order valence-corrected chi connectivity index (χ4v) is 2.78. The maximum absolute atomic E-state index is 10.6. The summed E-state index contributed by atoms with van der Waals surface area (Å²) < 4.78 is 0. The number of hydrogen-bond acceptors (Lipinski definition) is 1. The molecule has 1 unspecified atom stereocenters. The fourth-order valence-electron chi connectivity index (χ4n) is 2.78. The van der Waals surface area contributed by atoms with Gasteiger partial charge < -0.3 is 5.11 Å². The summed E-state index contributed by atoms with van der Waals surface area (Å²) in [7, 11) is 0. The molecule has 0 spiro atoms. The van der Waals surface area contributed by atoms with Crippen LogP contribution in [0, 0.1) is 5.92 Å². The number of rotatable bonds is 4. The zero-order valence-corrected chi connectivity index (χ0v) is 11.2. The molecule has 0 aromatic heterocycles. The lowest BCUT2D eigenvalue weighted by Crippen LogP contribution is -2.24. The molecule has 1 nitrogen and oxygen atoms in total. The van der Waals surface area contributed by atoms with E-state index in [1.807, 2.05) is 6.92 Å². The molecule has 1 fully saturated rings. The second kappa shape index (κ2) is 4.81. The minimum absolute atomic E-state index is 0.511. The topological polar surface area (TPSA) is 20.2 Å². The summed E-state index contributed by atoms with van der Waals surface area (Å²) in [4.78, 5) is 0. The van der Waals surface area contributed by atoms with Crippen LogP contribution in [-0.2, 0) is 5.60 Å². The van der Waals surface area contributed by atoms with Crippen LogP contribution in [0.3, 0.4) is 0 Å². The average Bonchev–Trinajstić information content (AvgIpc) is 2.13. The summed E-state index contributed by atoms with van der Waals surface area (Å²) in [6.07, 6.45) is 4.81. The Morgan fingerprint density at radius 1 is 1.35 bits per heavy atom. The molecule has 0 aliphatic heterocycles. The van der Waals surface area contributed by atoms with Crippen molar-refractivity contribution in [1.82, 2.24) is 0 Å². The molecule has 1 aromatic carbocycles. The van der Waals surface area contributed by atoms with Gasteiger partial charge in [-0.25, -0.2) is 0 Å². The molecule has 1 atom stereocenters. The van der Waals surface area contributed by atoms with Gasteiger partial charge in [-0.2, -0.15) is 0 Å². The Labute approximate surface area is 105 Å². The molecule has 0 saturated heterocycles. The first-order valence-electron chi connectivity index (χ1n) is 6.82. The van der Waals surface area contributed by atoms with Crippen molar-refractivity contribution in [3.63, 3.8) is 0 Å². The third-order valence-electron chi connectivity index (χ3n) is 3.89. The highest BCUT2D eigenvalue weighted by atomic mass is 16.3. The summed E-state index contributed by atoms with van der Waals surface area (Å²) in [5.74, 6) is 1.25. The van der Waals surface area contributed by atoms with E-state index in [1.54, 1.807) is 0 Å². The molecule has 1 heteroatoms. The first-order chi connectivity index (χ1) is 7.99. The Bertz CT molecular complexity index is 375. The molecule has 1 saturated carbocycles. The lowest BCUT2D eigenvalue weighted by Gasteiger charge is -2.30. The molecule has 1 aliphatic carbocycles. The molecular formula is C16H24O. The van der Waals surface area contributed by atoms with Crippen LogP contribution in [0.1, 0.15) is 63.5 Å². The van der Waals surface area contributed by atoms with E-state index >= 15 is 0 Å². The van der Waals surface area contributed by atoms with Crippen LogP contribution in [0.15, 0.2) is 24.3 Å². The van der Waals surface area contributed by atoms with Crippen molar-refractivity contribution in [3.05, 3.63) is 35.4 Å². The van der Waals surface area contributed by atoms with E-state index in [9.17, 15) is 5.11 Å². The predicted molar refractivity (Wildman–Crippen MR) is 72.1 cm³/mol. The van der Waals surface area contributed by atoms with E-state index in [4.69, 9.17) is 0 Å². The zero-order chi connectivity index (χ0) is 12.5. The van der Waals surface area contributed by atoms with E-state index in [0.717, 1.165) is 17.9 Å². The number of hydrogen-bond donors (Lipinski definition) is 1. The second-order valence-electron chi connectivity index (χ2n) is 6.13. The lowest BCUT2D eigenvalue weighted by molar-refractivity contribution is 0.0347. The highest BCUT2D eigenvalue weighted by molar-refractivity contribution is 5.31. The number of aliphatic hydroxyl groups is 1. The molecule has 1 aromatic rings. The SMILES string of the molecule is CC(C)CC(C)(O)c1cccc(C2CCC2)c1. The van der Waals surface area contributed by atoms with Gasteiger partial charge in [0.1, 0.15) is 0 Å². The quantitative estimate of drug-likeness (QED) is 0.824. The summed E-state index contributed by atoms with van der Waals surface area (Å²) in [5, 5.41) is 10.6.